The maximum absolute atomic E-state index is 12.4. The van der Waals surface area contributed by atoms with Gasteiger partial charge in [0.2, 0.25) is 5.88 Å². The molecule has 8 heteroatoms. The van der Waals surface area contributed by atoms with Crippen molar-refractivity contribution in [1.29, 1.82) is 0 Å². The molecule has 2 aromatic heterocycles. The third kappa shape index (κ3) is 3.58. The Morgan fingerprint density at radius 3 is 2.71 bits per heavy atom. The van der Waals surface area contributed by atoms with Crippen LogP contribution in [0.25, 0.3) is 0 Å². The van der Waals surface area contributed by atoms with Gasteiger partial charge in [-0.05, 0) is 13.0 Å². The number of aryl methyl sites for hydroxylation is 1. The summed E-state index contributed by atoms with van der Waals surface area (Å²) in [6.07, 6.45) is 3.77. The molecule has 0 saturated carbocycles. The monoisotopic (exact) mass is 328 g/mol. The van der Waals surface area contributed by atoms with Gasteiger partial charge in [0.05, 0.1) is 18.4 Å². The lowest BCUT2D eigenvalue weighted by Crippen LogP contribution is -2.31. The van der Waals surface area contributed by atoms with E-state index in [-0.39, 0.29) is 12.0 Å². The molecule has 1 unspecified atom stereocenters. The zero-order chi connectivity index (χ0) is 17.1. The van der Waals surface area contributed by atoms with Gasteiger partial charge in [-0.3, -0.25) is 9.78 Å². The number of carbonyl (C=O) groups is 1. The zero-order valence-corrected chi connectivity index (χ0v) is 14.0. The summed E-state index contributed by atoms with van der Waals surface area (Å²) in [5.74, 6) is 1.11. The fourth-order valence-electron chi connectivity index (χ4n) is 2.46. The summed E-state index contributed by atoms with van der Waals surface area (Å²) in [5, 5.41) is 8.14. The van der Waals surface area contributed by atoms with E-state index in [0.717, 1.165) is 17.9 Å². The van der Waals surface area contributed by atoms with Crippen molar-refractivity contribution in [2.45, 2.75) is 19.4 Å². The topological polar surface area (TPSA) is 84.3 Å². The van der Waals surface area contributed by atoms with Crippen LogP contribution in [0.1, 0.15) is 22.6 Å². The molecule has 1 amide bonds. The van der Waals surface area contributed by atoms with E-state index in [1.54, 1.807) is 17.2 Å². The molecule has 0 N–H and O–H groups in total. The lowest BCUT2D eigenvalue weighted by Gasteiger charge is -2.16. The van der Waals surface area contributed by atoms with Crippen LogP contribution in [0.5, 0.6) is 5.88 Å². The maximum Gasteiger partial charge on any atom is 0.274 e. The Balaban J connectivity index is 1.58. The Hall–Kier alpha value is -2.77. The molecule has 3 heterocycles. The SMILES string of the molecule is Cc1cnc(C(=O)N2CCC(Oc3ccc(N(C)C)nn3)C2)cn1. The number of anilines is 1. The van der Waals surface area contributed by atoms with Crippen LogP contribution in [0.2, 0.25) is 0 Å². The smallest absolute Gasteiger partial charge is 0.274 e. The summed E-state index contributed by atoms with van der Waals surface area (Å²) in [4.78, 5) is 24.3. The van der Waals surface area contributed by atoms with Gasteiger partial charge in [-0.1, -0.05) is 0 Å². The highest BCUT2D eigenvalue weighted by Gasteiger charge is 2.29. The number of likely N-dealkylation sites (tertiary alicyclic amines) is 1. The van der Waals surface area contributed by atoms with E-state index in [1.165, 1.54) is 6.20 Å². The lowest BCUT2D eigenvalue weighted by atomic mass is 10.3. The highest BCUT2D eigenvalue weighted by molar-refractivity contribution is 5.92. The minimum absolute atomic E-state index is 0.0909. The first-order chi connectivity index (χ1) is 11.5. The number of hydrogen-bond donors (Lipinski definition) is 0. The molecule has 3 rings (SSSR count). The molecule has 0 aliphatic carbocycles. The molecule has 1 fully saturated rings. The van der Waals surface area contributed by atoms with Crippen LogP contribution in [0.15, 0.2) is 24.5 Å². The van der Waals surface area contributed by atoms with Crippen molar-refractivity contribution < 1.29 is 9.53 Å². The summed E-state index contributed by atoms with van der Waals surface area (Å²) in [6, 6.07) is 3.64. The van der Waals surface area contributed by atoms with E-state index in [2.05, 4.69) is 20.2 Å². The van der Waals surface area contributed by atoms with Gasteiger partial charge in [-0.15, -0.1) is 10.2 Å². The summed E-state index contributed by atoms with van der Waals surface area (Å²) >= 11 is 0. The van der Waals surface area contributed by atoms with Gasteiger partial charge < -0.3 is 14.5 Å². The average Bonchev–Trinajstić information content (AvgIpc) is 3.04. The fourth-order valence-corrected chi connectivity index (χ4v) is 2.46. The summed E-state index contributed by atoms with van der Waals surface area (Å²) in [6.45, 7) is 2.97. The molecule has 8 nitrogen and oxygen atoms in total. The predicted molar refractivity (Wildman–Crippen MR) is 88.1 cm³/mol. The van der Waals surface area contributed by atoms with E-state index in [4.69, 9.17) is 4.74 Å². The highest BCUT2D eigenvalue weighted by Crippen LogP contribution is 2.18. The Morgan fingerprint density at radius 2 is 2.08 bits per heavy atom. The standard InChI is InChI=1S/C16H20N6O2/c1-11-8-18-13(9-17-11)16(23)22-7-6-12(10-22)24-15-5-4-14(19-20-15)21(2)3/h4-5,8-9,12H,6-7,10H2,1-3H3. The molecule has 2 aromatic rings. The van der Waals surface area contributed by atoms with Gasteiger partial charge in [0.15, 0.2) is 5.82 Å². The molecular weight excluding hydrogens is 308 g/mol. The number of aromatic nitrogens is 4. The van der Waals surface area contributed by atoms with E-state index < -0.39 is 0 Å². The van der Waals surface area contributed by atoms with Crippen LogP contribution < -0.4 is 9.64 Å². The molecule has 1 aliphatic heterocycles. The summed E-state index contributed by atoms with van der Waals surface area (Å²) < 4.78 is 5.82. The van der Waals surface area contributed by atoms with E-state index in [9.17, 15) is 4.79 Å². The van der Waals surface area contributed by atoms with Crippen molar-refractivity contribution in [3.05, 3.63) is 35.9 Å². The second kappa shape index (κ2) is 6.77. The van der Waals surface area contributed by atoms with Crippen molar-refractivity contribution in [2.75, 3.05) is 32.1 Å². The second-order valence-corrected chi connectivity index (χ2v) is 5.95. The van der Waals surface area contributed by atoms with Crippen molar-refractivity contribution >= 4 is 11.7 Å². The molecule has 1 saturated heterocycles. The zero-order valence-electron chi connectivity index (χ0n) is 14.0. The Kier molecular flexibility index (Phi) is 4.54. The minimum atomic E-state index is -0.123. The number of hydrogen-bond acceptors (Lipinski definition) is 7. The largest absolute Gasteiger partial charge is 0.471 e. The molecule has 24 heavy (non-hydrogen) atoms. The second-order valence-electron chi connectivity index (χ2n) is 5.95. The molecule has 0 radical (unpaired) electrons. The van der Waals surface area contributed by atoms with Gasteiger partial charge in [0, 0.05) is 39.3 Å². The first-order valence-electron chi connectivity index (χ1n) is 7.78. The molecule has 0 aromatic carbocycles. The van der Waals surface area contributed by atoms with E-state index in [1.807, 2.05) is 32.0 Å². The first-order valence-corrected chi connectivity index (χ1v) is 7.78. The first kappa shape index (κ1) is 16.1. The van der Waals surface area contributed by atoms with Crippen LogP contribution in [-0.2, 0) is 0 Å². The number of amides is 1. The molecule has 0 bridgehead atoms. The Labute approximate surface area is 140 Å². The highest BCUT2D eigenvalue weighted by atomic mass is 16.5. The van der Waals surface area contributed by atoms with Gasteiger partial charge in [-0.25, -0.2) is 4.98 Å². The Morgan fingerprint density at radius 1 is 1.25 bits per heavy atom. The molecular formula is C16H20N6O2. The quantitative estimate of drug-likeness (QED) is 0.825. The van der Waals surface area contributed by atoms with E-state index >= 15 is 0 Å². The van der Waals surface area contributed by atoms with Crippen molar-refractivity contribution in [3.8, 4) is 5.88 Å². The van der Waals surface area contributed by atoms with Crippen LogP contribution in [0, 0.1) is 6.92 Å². The third-order valence-corrected chi connectivity index (χ3v) is 3.80. The van der Waals surface area contributed by atoms with Crippen LogP contribution in [0.3, 0.4) is 0 Å². The van der Waals surface area contributed by atoms with Crippen LogP contribution in [-0.4, -0.2) is 64.3 Å². The maximum atomic E-state index is 12.4. The third-order valence-electron chi connectivity index (χ3n) is 3.80. The number of carbonyl (C=O) groups excluding carboxylic acids is 1. The van der Waals surface area contributed by atoms with Gasteiger partial charge in [0.1, 0.15) is 11.8 Å². The number of ether oxygens (including phenoxy) is 1. The summed E-state index contributed by atoms with van der Waals surface area (Å²) in [5.41, 5.74) is 1.14. The van der Waals surface area contributed by atoms with Gasteiger partial charge in [0.25, 0.3) is 5.91 Å². The molecule has 1 atom stereocenters. The van der Waals surface area contributed by atoms with Crippen molar-refractivity contribution in [3.63, 3.8) is 0 Å². The van der Waals surface area contributed by atoms with E-state index in [0.29, 0.717) is 24.7 Å². The fraction of sp³-hybridized carbons (Fsp3) is 0.438. The predicted octanol–water partition coefficient (Wildman–Crippen LogP) is 0.935. The van der Waals surface area contributed by atoms with Crippen molar-refractivity contribution in [2.24, 2.45) is 0 Å². The molecule has 0 spiro atoms. The van der Waals surface area contributed by atoms with Crippen molar-refractivity contribution in [1.82, 2.24) is 25.1 Å². The minimum Gasteiger partial charge on any atom is -0.471 e. The van der Waals surface area contributed by atoms with Gasteiger partial charge in [-0.2, -0.15) is 0 Å². The van der Waals surface area contributed by atoms with Gasteiger partial charge >= 0.3 is 0 Å². The normalized spacial score (nSPS) is 17.0. The van der Waals surface area contributed by atoms with Crippen LogP contribution in [0.4, 0.5) is 5.82 Å². The summed E-state index contributed by atoms with van der Waals surface area (Å²) in [7, 11) is 3.80. The number of nitrogens with zero attached hydrogens (tertiary/aromatic N) is 6. The Bertz CT molecular complexity index is 702. The number of rotatable bonds is 4. The molecule has 1 aliphatic rings. The lowest BCUT2D eigenvalue weighted by molar-refractivity contribution is 0.0764. The molecule has 126 valence electrons. The van der Waals surface area contributed by atoms with Crippen LogP contribution >= 0.6 is 0 Å². The average molecular weight is 328 g/mol.